The Morgan fingerprint density at radius 3 is 2.00 bits per heavy atom. The van der Waals surface area contributed by atoms with Crippen LogP contribution in [-0.2, 0) is 6.54 Å². The smallest absolute Gasteiger partial charge is 0.134 e. The van der Waals surface area contributed by atoms with Gasteiger partial charge in [-0.25, -0.2) is 0 Å². The first-order valence-corrected chi connectivity index (χ1v) is 6.33. The van der Waals surface area contributed by atoms with E-state index in [1.54, 1.807) is 21.3 Å². The Morgan fingerprint density at radius 2 is 1.50 bits per heavy atom. The summed E-state index contributed by atoms with van der Waals surface area (Å²) >= 11 is 0. The normalized spacial score (nSPS) is 10.2. The molecule has 4 nitrogen and oxygen atoms in total. The molecule has 0 unspecified atom stereocenters. The summed E-state index contributed by atoms with van der Waals surface area (Å²) in [6, 6.07) is 11.6. The molecule has 2 rings (SSSR count). The van der Waals surface area contributed by atoms with Gasteiger partial charge in [-0.05, 0) is 11.1 Å². The van der Waals surface area contributed by atoms with Crippen LogP contribution in [0.2, 0.25) is 0 Å². The molecular formula is C16H19NO3. The Balaban J connectivity index is 2.71. The minimum Gasteiger partial charge on any atom is -0.496 e. The number of nitrogens with two attached hydrogens (primary N) is 1. The lowest BCUT2D eigenvalue weighted by Crippen LogP contribution is -2.01. The summed E-state index contributed by atoms with van der Waals surface area (Å²) in [5.41, 5.74) is 8.75. The summed E-state index contributed by atoms with van der Waals surface area (Å²) in [4.78, 5) is 0. The first kappa shape index (κ1) is 14.2. The quantitative estimate of drug-likeness (QED) is 0.910. The van der Waals surface area contributed by atoms with Gasteiger partial charge in [-0.2, -0.15) is 0 Å². The fourth-order valence-corrected chi connectivity index (χ4v) is 2.21. The number of benzene rings is 2. The van der Waals surface area contributed by atoms with Crippen LogP contribution in [0.4, 0.5) is 0 Å². The van der Waals surface area contributed by atoms with Gasteiger partial charge in [0.25, 0.3) is 0 Å². The van der Waals surface area contributed by atoms with E-state index in [1.165, 1.54) is 0 Å². The van der Waals surface area contributed by atoms with Crippen LogP contribution in [0, 0.1) is 0 Å². The lowest BCUT2D eigenvalue weighted by atomic mass is 9.97. The zero-order valence-corrected chi connectivity index (χ0v) is 12.0. The fourth-order valence-electron chi connectivity index (χ4n) is 2.21. The van der Waals surface area contributed by atoms with Crippen molar-refractivity contribution in [2.45, 2.75) is 6.54 Å². The molecule has 0 aromatic heterocycles. The summed E-state index contributed by atoms with van der Waals surface area (Å²) in [7, 11) is 4.87. The van der Waals surface area contributed by atoms with Crippen LogP contribution in [-0.4, -0.2) is 21.3 Å². The molecule has 4 heteroatoms. The van der Waals surface area contributed by atoms with E-state index in [1.807, 2.05) is 36.4 Å². The molecule has 20 heavy (non-hydrogen) atoms. The van der Waals surface area contributed by atoms with E-state index < -0.39 is 0 Å². The van der Waals surface area contributed by atoms with E-state index >= 15 is 0 Å². The van der Waals surface area contributed by atoms with Crippen molar-refractivity contribution in [3.05, 3.63) is 42.0 Å². The third kappa shape index (κ3) is 2.56. The fraction of sp³-hybridized carbons (Fsp3) is 0.250. The van der Waals surface area contributed by atoms with Crippen molar-refractivity contribution < 1.29 is 14.2 Å². The molecule has 0 radical (unpaired) electrons. The maximum Gasteiger partial charge on any atom is 0.134 e. The molecule has 0 aliphatic heterocycles. The molecule has 106 valence electrons. The van der Waals surface area contributed by atoms with Gasteiger partial charge in [0.2, 0.25) is 0 Å². The highest BCUT2D eigenvalue weighted by atomic mass is 16.5. The van der Waals surface area contributed by atoms with Crippen molar-refractivity contribution in [1.29, 1.82) is 0 Å². The van der Waals surface area contributed by atoms with Gasteiger partial charge in [0.15, 0.2) is 0 Å². The first-order chi connectivity index (χ1) is 9.74. The van der Waals surface area contributed by atoms with Crippen LogP contribution in [0.25, 0.3) is 11.1 Å². The van der Waals surface area contributed by atoms with Gasteiger partial charge in [0.05, 0.1) is 26.9 Å². The van der Waals surface area contributed by atoms with Gasteiger partial charge in [-0.1, -0.05) is 24.3 Å². The number of hydrogen-bond acceptors (Lipinski definition) is 4. The highest BCUT2D eigenvalue weighted by Gasteiger charge is 2.17. The van der Waals surface area contributed by atoms with Crippen molar-refractivity contribution in [3.8, 4) is 28.4 Å². The summed E-state index contributed by atoms with van der Waals surface area (Å²) < 4.78 is 16.2. The lowest BCUT2D eigenvalue weighted by Gasteiger charge is -2.17. The van der Waals surface area contributed by atoms with Crippen molar-refractivity contribution in [2.75, 3.05) is 21.3 Å². The third-order valence-electron chi connectivity index (χ3n) is 3.22. The standard InChI is InChI=1S/C16H19NO3/c1-18-12-8-14(19-2)16(15(9-12)20-3)13-7-5-4-6-11(13)10-17/h4-9H,10,17H2,1-3H3. The molecule has 0 aliphatic carbocycles. The molecule has 0 aliphatic rings. The van der Waals surface area contributed by atoms with Crippen molar-refractivity contribution in [3.63, 3.8) is 0 Å². The number of rotatable bonds is 5. The maximum absolute atomic E-state index is 5.82. The summed E-state index contributed by atoms with van der Waals surface area (Å²) in [5, 5.41) is 0. The molecule has 0 amide bonds. The van der Waals surface area contributed by atoms with Gasteiger partial charge >= 0.3 is 0 Å². The first-order valence-electron chi connectivity index (χ1n) is 6.33. The van der Waals surface area contributed by atoms with E-state index in [-0.39, 0.29) is 0 Å². The number of ether oxygens (including phenoxy) is 3. The van der Waals surface area contributed by atoms with Crippen LogP contribution >= 0.6 is 0 Å². The molecule has 0 spiro atoms. The summed E-state index contributed by atoms with van der Waals surface area (Å²) in [6.07, 6.45) is 0. The third-order valence-corrected chi connectivity index (χ3v) is 3.22. The highest BCUT2D eigenvalue weighted by molar-refractivity contribution is 5.80. The SMILES string of the molecule is COc1cc(OC)c(-c2ccccc2CN)c(OC)c1. The molecule has 0 fully saturated rings. The Hall–Kier alpha value is -2.20. The van der Waals surface area contributed by atoms with E-state index in [0.29, 0.717) is 23.8 Å². The molecule has 2 N–H and O–H groups in total. The van der Waals surface area contributed by atoms with Crippen LogP contribution in [0.3, 0.4) is 0 Å². The monoisotopic (exact) mass is 273 g/mol. The lowest BCUT2D eigenvalue weighted by molar-refractivity contribution is 0.377. The van der Waals surface area contributed by atoms with Crippen LogP contribution in [0.1, 0.15) is 5.56 Å². The van der Waals surface area contributed by atoms with Gasteiger partial charge in [0.1, 0.15) is 17.2 Å². The molecular weight excluding hydrogens is 254 g/mol. The second-order valence-electron chi connectivity index (χ2n) is 4.27. The summed E-state index contributed by atoms with van der Waals surface area (Å²) in [6.45, 7) is 0.453. The Labute approximate surface area is 119 Å². The molecule has 2 aromatic carbocycles. The molecule has 0 heterocycles. The maximum atomic E-state index is 5.82. The average Bonchev–Trinajstić information content (AvgIpc) is 2.53. The van der Waals surface area contributed by atoms with Gasteiger partial charge in [0, 0.05) is 18.7 Å². The number of hydrogen-bond donors (Lipinski definition) is 1. The van der Waals surface area contributed by atoms with Crippen LogP contribution < -0.4 is 19.9 Å². The van der Waals surface area contributed by atoms with Crippen LogP contribution in [0.5, 0.6) is 17.2 Å². The zero-order chi connectivity index (χ0) is 14.5. The zero-order valence-electron chi connectivity index (χ0n) is 12.0. The molecule has 0 atom stereocenters. The highest BCUT2D eigenvalue weighted by Crippen LogP contribution is 2.42. The Kier molecular flexibility index (Phi) is 4.48. The van der Waals surface area contributed by atoms with Gasteiger partial charge in [-0.15, -0.1) is 0 Å². The van der Waals surface area contributed by atoms with Crippen molar-refractivity contribution >= 4 is 0 Å². The number of methoxy groups -OCH3 is 3. The van der Waals surface area contributed by atoms with E-state index in [2.05, 4.69) is 0 Å². The Morgan fingerprint density at radius 1 is 0.900 bits per heavy atom. The molecule has 0 bridgehead atoms. The Bertz CT molecular complexity index is 571. The molecule has 0 saturated carbocycles. The van der Waals surface area contributed by atoms with Crippen molar-refractivity contribution in [2.24, 2.45) is 5.73 Å². The second-order valence-corrected chi connectivity index (χ2v) is 4.27. The molecule has 0 saturated heterocycles. The summed E-state index contributed by atoms with van der Waals surface area (Å²) in [5.74, 6) is 2.08. The van der Waals surface area contributed by atoms with E-state index in [0.717, 1.165) is 16.7 Å². The van der Waals surface area contributed by atoms with E-state index in [4.69, 9.17) is 19.9 Å². The second kappa shape index (κ2) is 6.30. The van der Waals surface area contributed by atoms with Gasteiger partial charge < -0.3 is 19.9 Å². The van der Waals surface area contributed by atoms with Gasteiger partial charge in [-0.3, -0.25) is 0 Å². The molecule has 2 aromatic rings. The average molecular weight is 273 g/mol. The minimum atomic E-state index is 0.453. The minimum absolute atomic E-state index is 0.453. The topological polar surface area (TPSA) is 53.7 Å². The largest absolute Gasteiger partial charge is 0.496 e. The van der Waals surface area contributed by atoms with Crippen LogP contribution in [0.15, 0.2) is 36.4 Å². The predicted molar refractivity (Wildman–Crippen MR) is 79.4 cm³/mol. The van der Waals surface area contributed by atoms with E-state index in [9.17, 15) is 0 Å². The van der Waals surface area contributed by atoms with Crippen molar-refractivity contribution in [1.82, 2.24) is 0 Å². The predicted octanol–water partition coefficient (Wildman–Crippen LogP) is 2.84.